The summed E-state index contributed by atoms with van der Waals surface area (Å²) in [6.07, 6.45) is 0. The zero-order valence-corrected chi connectivity index (χ0v) is 13.2. The third-order valence-electron chi connectivity index (χ3n) is 2.62. The Kier molecular flexibility index (Phi) is 4.84. The normalized spacial score (nSPS) is 10.1. The lowest BCUT2D eigenvalue weighted by molar-refractivity contribution is 0.102. The van der Waals surface area contributed by atoms with Crippen LogP contribution in [0.2, 0.25) is 0 Å². The van der Waals surface area contributed by atoms with Gasteiger partial charge in [0.1, 0.15) is 5.75 Å². The van der Waals surface area contributed by atoms with Gasteiger partial charge >= 0.3 is 0 Å². The topological polar surface area (TPSA) is 64.3 Å². The number of carbonyl (C=O) groups is 1. The molecule has 0 spiro atoms. The van der Waals surface area contributed by atoms with E-state index in [1.165, 1.54) is 0 Å². The zero-order chi connectivity index (χ0) is 14.5. The second kappa shape index (κ2) is 6.60. The third-order valence-corrected chi connectivity index (χ3v) is 3.56. The van der Waals surface area contributed by atoms with Gasteiger partial charge in [0, 0.05) is 20.9 Å². The summed E-state index contributed by atoms with van der Waals surface area (Å²) in [5.74, 6) is 0.391. The van der Waals surface area contributed by atoms with Gasteiger partial charge in [0.05, 0.1) is 12.3 Å². The highest BCUT2D eigenvalue weighted by molar-refractivity contribution is 14.1. The first-order valence-electron chi connectivity index (χ1n) is 6.19. The second-order valence-corrected chi connectivity index (χ2v) is 5.32. The monoisotopic (exact) mass is 382 g/mol. The number of anilines is 2. The van der Waals surface area contributed by atoms with Crippen molar-refractivity contribution in [2.75, 3.05) is 17.7 Å². The molecule has 4 nitrogen and oxygen atoms in total. The summed E-state index contributed by atoms with van der Waals surface area (Å²) < 4.78 is 6.37. The van der Waals surface area contributed by atoms with Crippen LogP contribution in [0, 0.1) is 3.57 Å². The molecule has 0 heterocycles. The predicted molar refractivity (Wildman–Crippen MR) is 89.1 cm³/mol. The molecule has 20 heavy (non-hydrogen) atoms. The molecule has 2 rings (SSSR count). The van der Waals surface area contributed by atoms with E-state index in [0.29, 0.717) is 23.6 Å². The van der Waals surface area contributed by atoms with E-state index in [1.807, 2.05) is 31.2 Å². The van der Waals surface area contributed by atoms with Gasteiger partial charge in [0.25, 0.3) is 5.91 Å². The molecule has 0 aliphatic heterocycles. The van der Waals surface area contributed by atoms with Crippen LogP contribution in [0.1, 0.15) is 17.3 Å². The van der Waals surface area contributed by atoms with Gasteiger partial charge in [-0.15, -0.1) is 0 Å². The van der Waals surface area contributed by atoms with Crippen molar-refractivity contribution in [1.29, 1.82) is 0 Å². The number of hydrogen-bond acceptors (Lipinski definition) is 3. The minimum atomic E-state index is -0.206. The molecule has 0 unspecified atom stereocenters. The molecular weight excluding hydrogens is 367 g/mol. The van der Waals surface area contributed by atoms with E-state index in [-0.39, 0.29) is 5.91 Å². The van der Waals surface area contributed by atoms with Crippen LogP contribution in [0.3, 0.4) is 0 Å². The first-order chi connectivity index (χ1) is 9.60. The quantitative estimate of drug-likeness (QED) is 0.628. The number of nitrogens with one attached hydrogen (secondary N) is 1. The SMILES string of the molecule is CCOc1cc(N)cc(C(=O)Nc2ccccc2I)c1. The van der Waals surface area contributed by atoms with Crippen molar-refractivity contribution in [1.82, 2.24) is 0 Å². The highest BCUT2D eigenvalue weighted by Gasteiger charge is 2.10. The van der Waals surface area contributed by atoms with Gasteiger partial charge in [0.2, 0.25) is 0 Å². The summed E-state index contributed by atoms with van der Waals surface area (Å²) in [6.45, 7) is 2.41. The van der Waals surface area contributed by atoms with Crippen LogP contribution >= 0.6 is 22.6 Å². The predicted octanol–water partition coefficient (Wildman–Crippen LogP) is 3.52. The van der Waals surface area contributed by atoms with E-state index in [0.717, 1.165) is 9.26 Å². The van der Waals surface area contributed by atoms with Crippen LogP contribution in [-0.2, 0) is 0 Å². The van der Waals surface area contributed by atoms with E-state index in [2.05, 4.69) is 27.9 Å². The fourth-order valence-corrected chi connectivity index (χ4v) is 2.28. The molecule has 0 atom stereocenters. The lowest BCUT2D eigenvalue weighted by Crippen LogP contribution is -2.13. The Hall–Kier alpha value is -1.76. The molecule has 0 fully saturated rings. The summed E-state index contributed by atoms with van der Waals surface area (Å²) >= 11 is 2.18. The second-order valence-electron chi connectivity index (χ2n) is 4.16. The maximum absolute atomic E-state index is 12.2. The van der Waals surface area contributed by atoms with E-state index >= 15 is 0 Å². The molecule has 5 heteroatoms. The van der Waals surface area contributed by atoms with E-state index < -0.39 is 0 Å². The molecule has 2 aromatic rings. The van der Waals surface area contributed by atoms with Crippen molar-refractivity contribution in [3.05, 3.63) is 51.6 Å². The van der Waals surface area contributed by atoms with Crippen molar-refractivity contribution in [3.63, 3.8) is 0 Å². The highest BCUT2D eigenvalue weighted by Crippen LogP contribution is 2.22. The number of nitrogen functional groups attached to an aromatic ring is 1. The maximum Gasteiger partial charge on any atom is 0.255 e. The number of para-hydroxylation sites is 1. The van der Waals surface area contributed by atoms with Gasteiger partial charge in [-0.3, -0.25) is 4.79 Å². The highest BCUT2D eigenvalue weighted by atomic mass is 127. The number of rotatable bonds is 4. The van der Waals surface area contributed by atoms with Crippen molar-refractivity contribution >= 4 is 39.9 Å². The van der Waals surface area contributed by atoms with E-state index in [1.54, 1.807) is 18.2 Å². The fourth-order valence-electron chi connectivity index (χ4n) is 1.76. The van der Waals surface area contributed by atoms with Crippen molar-refractivity contribution in [2.24, 2.45) is 0 Å². The van der Waals surface area contributed by atoms with Gasteiger partial charge in [-0.25, -0.2) is 0 Å². The average molecular weight is 382 g/mol. The number of halogens is 1. The molecular formula is C15H15IN2O2. The van der Waals surface area contributed by atoms with Crippen molar-refractivity contribution < 1.29 is 9.53 Å². The number of benzene rings is 2. The Morgan fingerprint density at radius 1 is 1.30 bits per heavy atom. The number of ether oxygens (including phenoxy) is 1. The van der Waals surface area contributed by atoms with Gasteiger partial charge in [-0.05, 0) is 53.8 Å². The van der Waals surface area contributed by atoms with Gasteiger partial charge in [0.15, 0.2) is 0 Å². The Morgan fingerprint density at radius 3 is 2.75 bits per heavy atom. The van der Waals surface area contributed by atoms with Crippen molar-refractivity contribution in [2.45, 2.75) is 6.92 Å². The van der Waals surface area contributed by atoms with E-state index in [4.69, 9.17) is 10.5 Å². The van der Waals surface area contributed by atoms with Gasteiger partial charge in [-0.1, -0.05) is 12.1 Å². The van der Waals surface area contributed by atoms with Gasteiger partial charge in [-0.2, -0.15) is 0 Å². The minimum Gasteiger partial charge on any atom is -0.494 e. The molecule has 0 saturated carbocycles. The van der Waals surface area contributed by atoms with Crippen molar-refractivity contribution in [3.8, 4) is 5.75 Å². The molecule has 0 aliphatic carbocycles. The van der Waals surface area contributed by atoms with Gasteiger partial charge < -0.3 is 15.8 Å². The first-order valence-corrected chi connectivity index (χ1v) is 7.27. The summed E-state index contributed by atoms with van der Waals surface area (Å²) in [6, 6.07) is 12.6. The number of nitrogens with two attached hydrogens (primary N) is 1. The molecule has 0 aliphatic rings. The van der Waals surface area contributed by atoms with Crippen LogP contribution < -0.4 is 15.8 Å². The molecule has 0 aromatic heterocycles. The van der Waals surface area contributed by atoms with Crippen LogP contribution in [0.15, 0.2) is 42.5 Å². The fraction of sp³-hybridized carbons (Fsp3) is 0.133. The van der Waals surface area contributed by atoms with Crippen LogP contribution in [0.4, 0.5) is 11.4 Å². The molecule has 0 radical (unpaired) electrons. The summed E-state index contributed by atoms with van der Waals surface area (Å²) in [5, 5.41) is 2.87. The third kappa shape index (κ3) is 3.63. The number of carbonyl (C=O) groups excluding carboxylic acids is 1. The molecule has 2 aromatic carbocycles. The maximum atomic E-state index is 12.2. The largest absolute Gasteiger partial charge is 0.494 e. The van der Waals surface area contributed by atoms with Crippen LogP contribution in [0.5, 0.6) is 5.75 Å². The number of amides is 1. The number of hydrogen-bond donors (Lipinski definition) is 2. The van der Waals surface area contributed by atoms with E-state index in [9.17, 15) is 4.79 Å². The summed E-state index contributed by atoms with van der Waals surface area (Å²) in [5.41, 5.74) is 7.55. The molecule has 1 amide bonds. The molecule has 0 bridgehead atoms. The Balaban J connectivity index is 2.23. The minimum absolute atomic E-state index is 0.206. The van der Waals surface area contributed by atoms with Crippen LogP contribution in [-0.4, -0.2) is 12.5 Å². The Morgan fingerprint density at radius 2 is 2.05 bits per heavy atom. The lowest BCUT2D eigenvalue weighted by atomic mass is 10.1. The smallest absolute Gasteiger partial charge is 0.255 e. The molecule has 3 N–H and O–H groups in total. The zero-order valence-electron chi connectivity index (χ0n) is 11.0. The standard InChI is InChI=1S/C15H15IN2O2/c1-2-20-12-8-10(7-11(17)9-12)15(19)18-14-6-4-3-5-13(14)16/h3-9H,2,17H2,1H3,(H,18,19). The van der Waals surface area contributed by atoms with Crippen LogP contribution in [0.25, 0.3) is 0 Å². The molecule has 104 valence electrons. The first kappa shape index (κ1) is 14.6. The summed E-state index contributed by atoms with van der Waals surface area (Å²) in [7, 11) is 0. The Labute approximate surface area is 131 Å². The Bertz CT molecular complexity index is 629. The average Bonchev–Trinajstić information content (AvgIpc) is 2.41. The molecule has 0 saturated heterocycles. The summed E-state index contributed by atoms with van der Waals surface area (Å²) in [4.78, 5) is 12.2. The lowest BCUT2D eigenvalue weighted by Gasteiger charge is -2.10.